The Morgan fingerprint density at radius 1 is 1.33 bits per heavy atom. The molecular weight excluding hydrogens is 300 g/mol. The second-order valence-corrected chi connectivity index (χ2v) is 8.16. The summed E-state index contributed by atoms with van der Waals surface area (Å²) in [5, 5.41) is -0.226. The Morgan fingerprint density at radius 3 is 2.56 bits per heavy atom. The van der Waals surface area contributed by atoms with E-state index < -0.39 is 19.0 Å². The Bertz CT molecular complexity index is 770. The van der Waals surface area contributed by atoms with Gasteiger partial charge in [-0.05, 0) is 12.1 Å². The normalized spacial score (nSPS) is 15.4. The molecule has 98 valence electrons. The molecule has 0 saturated carbocycles. The van der Waals surface area contributed by atoms with E-state index in [9.17, 15) is 12.6 Å². The van der Waals surface area contributed by atoms with Gasteiger partial charge in [-0.15, -0.1) is 0 Å². The van der Waals surface area contributed by atoms with Crippen molar-refractivity contribution in [2.75, 3.05) is 5.75 Å². The van der Waals surface area contributed by atoms with E-state index in [1.807, 2.05) is 0 Å². The van der Waals surface area contributed by atoms with Crippen LogP contribution in [0.2, 0.25) is 0 Å². The van der Waals surface area contributed by atoms with Crippen LogP contribution in [0.4, 0.5) is 0 Å². The predicted octanol–water partition coefficient (Wildman–Crippen LogP) is 2.16. The van der Waals surface area contributed by atoms with Crippen LogP contribution >= 0.6 is 10.7 Å². The molecule has 0 saturated heterocycles. The molecule has 0 amide bonds. The fraction of sp³-hybridized carbons (Fsp3) is 0.222. The lowest BCUT2D eigenvalue weighted by molar-refractivity contribution is 0.475. The van der Waals surface area contributed by atoms with Crippen LogP contribution in [0.3, 0.4) is 0 Å². The number of oxazole rings is 1. The Hall–Kier alpha value is -1.12. The van der Waals surface area contributed by atoms with Gasteiger partial charge in [-0.2, -0.15) is 8.42 Å². The summed E-state index contributed by atoms with van der Waals surface area (Å²) in [5.41, 5.74) is 0.895. The van der Waals surface area contributed by atoms with Gasteiger partial charge in [0.1, 0.15) is 15.2 Å². The van der Waals surface area contributed by atoms with Gasteiger partial charge >= 0.3 is 9.24 Å². The average molecular weight is 309 g/mol. The van der Waals surface area contributed by atoms with Crippen molar-refractivity contribution in [1.82, 2.24) is 4.98 Å². The molecule has 9 heteroatoms. The first-order valence-corrected chi connectivity index (χ1v) is 8.85. The highest BCUT2D eigenvalue weighted by atomic mass is 35.7. The first-order valence-electron chi connectivity index (χ1n) is 4.90. The minimum Gasteiger partial charge on any atom is -0.429 e. The number of para-hydroxylation sites is 2. The van der Waals surface area contributed by atoms with E-state index in [4.69, 9.17) is 15.1 Å². The Kier molecular flexibility index (Phi) is 3.35. The maximum absolute atomic E-state index is 12.4. The first-order chi connectivity index (χ1) is 8.34. The third-order valence-corrected chi connectivity index (χ3v) is 5.83. The third-order valence-electron chi connectivity index (χ3n) is 2.15. The van der Waals surface area contributed by atoms with E-state index >= 15 is 0 Å². The number of nitrogens with zero attached hydrogens (tertiary/aromatic N) is 2. The maximum Gasteiger partial charge on any atom is 0.348 e. The number of hydrogen-bond acceptors (Lipinski definition) is 5. The van der Waals surface area contributed by atoms with E-state index in [-0.39, 0.29) is 11.0 Å². The highest BCUT2D eigenvalue weighted by Gasteiger charge is 2.21. The van der Waals surface area contributed by atoms with Crippen LogP contribution in [0.25, 0.3) is 11.1 Å². The van der Waals surface area contributed by atoms with Crippen molar-refractivity contribution in [3.63, 3.8) is 0 Å². The Morgan fingerprint density at radius 2 is 2.00 bits per heavy atom. The van der Waals surface area contributed by atoms with Crippen molar-refractivity contribution in [3.8, 4) is 0 Å². The summed E-state index contributed by atoms with van der Waals surface area (Å²) in [7, 11) is -2.55. The molecule has 2 rings (SSSR count). The average Bonchev–Trinajstić information content (AvgIpc) is 2.70. The molecule has 0 bridgehead atoms. The van der Waals surface area contributed by atoms with Crippen molar-refractivity contribution in [1.29, 1.82) is 0 Å². The zero-order chi connectivity index (χ0) is 13.4. The molecule has 0 spiro atoms. The Labute approximate surface area is 109 Å². The molecule has 0 N–H and O–H groups in total. The second kappa shape index (κ2) is 4.52. The molecular formula is C9H9ClN2O4S2. The number of rotatable bonds is 3. The van der Waals surface area contributed by atoms with Crippen molar-refractivity contribution in [3.05, 3.63) is 24.3 Å². The zero-order valence-corrected chi connectivity index (χ0v) is 11.6. The number of aromatic nitrogens is 1. The monoisotopic (exact) mass is 308 g/mol. The molecule has 2 aromatic rings. The molecule has 0 fully saturated rings. The minimum atomic E-state index is -4.26. The fourth-order valence-electron chi connectivity index (χ4n) is 1.34. The standard InChI is InChI=1S/C9H9ClN2O4S2/c1-2-17(13,12-18(10,14)15)9-11-7-5-3-4-6-8(7)16-9/h3-6H,2H2,1H3/t17-/m0/s1. The second-order valence-electron chi connectivity index (χ2n) is 3.36. The molecule has 0 aliphatic rings. The summed E-state index contributed by atoms with van der Waals surface area (Å²) in [6.07, 6.45) is 0. The summed E-state index contributed by atoms with van der Waals surface area (Å²) < 4.78 is 42.6. The lowest BCUT2D eigenvalue weighted by atomic mass is 10.3. The highest BCUT2D eigenvalue weighted by Crippen LogP contribution is 2.22. The van der Waals surface area contributed by atoms with Crippen LogP contribution in [0.15, 0.2) is 37.7 Å². The van der Waals surface area contributed by atoms with E-state index in [0.717, 1.165) is 0 Å². The maximum atomic E-state index is 12.4. The molecule has 1 atom stereocenters. The molecule has 0 aliphatic heterocycles. The summed E-state index contributed by atoms with van der Waals surface area (Å²) in [5.74, 6) is -0.0637. The van der Waals surface area contributed by atoms with Gasteiger partial charge in [0.05, 0.1) is 0 Å². The number of benzene rings is 1. The molecule has 1 aromatic heterocycles. The van der Waals surface area contributed by atoms with Crippen LogP contribution in [0.5, 0.6) is 0 Å². The molecule has 18 heavy (non-hydrogen) atoms. The van der Waals surface area contributed by atoms with Crippen LogP contribution < -0.4 is 0 Å². The summed E-state index contributed by atoms with van der Waals surface area (Å²) in [6.45, 7) is 1.52. The van der Waals surface area contributed by atoms with Crippen molar-refractivity contribution in [2.24, 2.45) is 3.77 Å². The Balaban J connectivity index is 2.72. The van der Waals surface area contributed by atoms with Crippen LogP contribution in [-0.2, 0) is 19.0 Å². The molecule has 0 aliphatic carbocycles. The number of hydrogen-bond donors (Lipinski definition) is 0. The van der Waals surface area contributed by atoms with E-state index in [2.05, 4.69) is 8.75 Å². The molecule has 6 nitrogen and oxygen atoms in total. The lowest BCUT2D eigenvalue weighted by Gasteiger charge is -1.99. The van der Waals surface area contributed by atoms with Gasteiger partial charge in [0, 0.05) is 16.4 Å². The van der Waals surface area contributed by atoms with E-state index in [1.165, 1.54) is 6.92 Å². The quantitative estimate of drug-likeness (QED) is 0.810. The van der Waals surface area contributed by atoms with Gasteiger partial charge < -0.3 is 4.42 Å². The van der Waals surface area contributed by atoms with Gasteiger partial charge in [0.25, 0.3) is 5.22 Å². The largest absolute Gasteiger partial charge is 0.429 e. The topological polar surface area (TPSA) is 89.6 Å². The molecule has 1 heterocycles. The smallest absolute Gasteiger partial charge is 0.348 e. The SMILES string of the molecule is CC[S@@](=O)(=NS(=O)(=O)Cl)c1nc2ccccc2o1. The minimum absolute atomic E-state index is 0.0637. The van der Waals surface area contributed by atoms with Gasteiger partial charge in [-0.3, -0.25) is 0 Å². The van der Waals surface area contributed by atoms with Gasteiger partial charge in [-0.25, -0.2) is 9.19 Å². The third kappa shape index (κ3) is 2.65. The number of fused-ring (bicyclic) bond motifs is 1. The van der Waals surface area contributed by atoms with Crippen LogP contribution in [0.1, 0.15) is 6.92 Å². The zero-order valence-electron chi connectivity index (χ0n) is 9.24. The summed E-state index contributed by atoms with van der Waals surface area (Å²) in [6, 6.07) is 6.75. The van der Waals surface area contributed by atoms with Crippen LogP contribution in [-0.4, -0.2) is 23.4 Å². The van der Waals surface area contributed by atoms with Gasteiger partial charge in [0.2, 0.25) is 0 Å². The highest BCUT2D eigenvalue weighted by molar-refractivity contribution is 8.17. The van der Waals surface area contributed by atoms with Gasteiger partial charge in [0.15, 0.2) is 5.58 Å². The number of halogens is 1. The van der Waals surface area contributed by atoms with E-state index in [0.29, 0.717) is 11.1 Å². The summed E-state index contributed by atoms with van der Waals surface area (Å²) in [4.78, 5) is 3.98. The first kappa shape index (κ1) is 13.3. The lowest BCUT2D eigenvalue weighted by Crippen LogP contribution is -2.06. The summed E-state index contributed by atoms with van der Waals surface area (Å²) >= 11 is 0. The van der Waals surface area contributed by atoms with E-state index in [1.54, 1.807) is 24.3 Å². The molecule has 0 radical (unpaired) electrons. The molecule has 0 unspecified atom stereocenters. The predicted molar refractivity (Wildman–Crippen MR) is 68.2 cm³/mol. The van der Waals surface area contributed by atoms with Gasteiger partial charge in [-0.1, -0.05) is 22.8 Å². The molecule has 1 aromatic carbocycles. The van der Waals surface area contributed by atoms with Crippen molar-refractivity contribution in [2.45, 2.75) is 12.1 Å². The fourth-order valence-corrected chi connectivity index (χ4v) is 4.69. The van der Waals surface area contributed by atoms with Crippen molar-refractivity contribution >= 4 is 40.7 Å². The van der Waals surface area contributed by atoms with Crippen LogP contribution in [0, 0.1) is 0 Å². The van der Waals surface area contributed by atoms with Crippen molar-refractivity contribution < 1.29 is 17.0 Å².